The zero-order chi connectivity index (χ0) is 13.3. The summed E-state index contributed by atoms with van der Waals surface area (Å²) in [7, 11) is 0. The van der Waals surface area contributed by atoms with Gasteiger partial charge in [-0.15, -0.1) is 11.3 Å². The van der Waals surface area contributed by atoms with Crippen molar-refractivity contribution >= 4 is 40.2 Å². The highest BCUT2D eigenvalue weighted by molar-refractivity contribution is 7.20. The molecule has 0 aromatic carbocycles. The van der Waals surface area contributed by atoms with Crippen LogP contribution in [0.3, 0.4) is 0 Å². The molecule has 2 aromatic rings. The fourth-order valence-corrected chi connectivity index (χ4v) is 3.32. The highest BCUT2D eigenvalue weighted by atomic mass is 35.5. The summed E-state index contributed by atoms with van der Waals surface area (Å²) in [5, 5.41) is 7.66. The maximum Gasteiger partial charge on any atom is 0.0996 e. The molecule has 2 rings (SSSR count). The molecule has 3 nitrogen and oxygen atoms in total. The number of hydrogen-bond acceptors (Lipinski definition) is 3. The average Bonchev–Trinajstić information content (AvgIpc) is 2.85. The Labute approximate surface area is 121 Å². The molecule has 6 heteroatoms. The Kier molecular flexibility index (Phi) is 4.20. The largest absolute Gasteiger partial charge is 0.376 e. The van der Waals surface area contributed by atoms with Crippen LogP contribution in [-0.4, -0.2) is 9.78 Å². The summed E-state index contributed by atoms with van der Waals surface area (Å²) in [6.07, 6.45) is 3.81. The Morgan fingerprint density at radius 3 is 2.56 bits per heavy atom. The lowest BCUT2D eigenvalue weighted by Crippen LogP contribution is -2.05. The van der Waals surface area contributed by atoms with Crippen molar-refractivity contribution < 1.29 is 0 Å². The third kappa shape index (κ3) is 2.99. The number of hydrogen-bond donors (Lipinski definition) is 1. The SMILES string of the molecule is CC(Nc1cnn(C(C)C)c1)c1cc(Cl)sc1Cl. The van der Waals surface area contributed by atoms with Crippen LogP contribution in [-0.2, 0) is 0 Å². The molecule has 0 amide bonds. The molecular weight excluding hydrogens is 289 g/mol. The van der Waals surface area contributed by atoms with E-state index in [1.165, 1.54) is 11.3 Å². The number of nitrogens with zero attached hydrogens (tertiary/aromatic N) is 2. The Hall–Kier alpha value is -0.710. The molecule has 0 bridgehead atoms. The predicted molar refractivity (Wildman–Crippen MR) is 79.0 cm³/mol. The molecule has 2 aromatic heterocycles. The number of nitrogens with one attached hydrogen (secondary N) is 1. The first-order valence-electron chi connectivity index (χ1n) is 5.72. The lowest BCUT2D eigenvalue weighted by molar-refractivity contribution is 0.532. The molecule has 0 spiro atoms. The van der Waals surface area contributed by atoms with E-state index in [1.807, 2.05) is 23.1 Å². The van der Waals surface area contributed by atoms with Crippen molar-refractivity contribution in [1.82, 2.24) is 9.78 Å². The molecule has 1 atom stereocenters. The van der Waals surface area contributed by atoms with Gasteiger partial charge in [-0.3, -0.25) is 4.68 Å². The second-order valence-electron chi connectivity index (χ2n) is 4.45. The Bertz CT molecular complexity index is 533. The van der Waals surface area contributed by atoms with E-state index in [4.69, 9.17) is 23.2 Å². The van der Waals surface area contributed by atoms with Gasteiger partial charge in [0.05, 0.1) is 26.6 Å². The summed E-state index contributed by atoms with van der Waals surface area (Å²) in [5.74, 6) is 0. The molecule has 1 unspecified atom stereocenters. The van der Waals surface area contributed by atoms with Gasteiger partial charge in [0.2, 0.25) is 0 Å². The maximum absolute atomic E-state index is 6.14. The first-order chi connectivity index (χ1) is 8.47. The van der Waals surface area contributed by atoms with E-state index in [2.05, 4.69) is 31.2 Å². The molecule has 98 valence electrons. The summed E-state index contributed by atoms with van der Waals surface area (Å²) >= 11 is 13.5. The first-order valence-corrected chi connectivity index (χ1v) is 7.30. The molecule has 0 aliphatic heterocycles. The van der Waals surface area contributed by atoms with Crippen molar-refractivity contribution in [2.75, 3.05) is 5.32 Å². The van der Waals surface area contributed by atoms with Crippen LogP contribution in [0.25, 0.3) is 0 Å². The average molecular weight is 304 g/mol. The summed E-state index contributed by atoms with van der Waals surface area (Å²) in [6, 6.07) is 2.36. The number of aromatic nitrogens is 2. The van der Waals surface area contributed by atoms with Crippen molar-refractivity contribution in [3.05, 3.63) is 32.7 Å². The maximum atomic E-state index is 6.14. The lowest BCUT2D eigenvalue weighted by atomic mass is 10.2. The molecule has 18 heavy (non-hydrogen) atoms. The van der Waals surface area contributed by atoms with Crippen molar-refractivity contribution in [2.24, 2.45) is 0 Å². The van der Waals surface area contributed by atoms with E-state index in [1.54, 1.807) is 0 Å². The zero-order valence-electron chi connectivity index (χ0n) is 10.4. The molecule has 1 N–H and O–H groups in total. The minimum atomic E-state index is 0.103. The van der Waals surface area contributed by atoms with E-state index >= 15 is 0 Å². The second kappa shape index (κ2) is 5.51. The van der Waals surface area contributed by atoms with Crippen LogP contribution in [0.2, 0.25) is 8.67 Å². The van der Waals surface area contributed by atoms with Gasteiger partial charge >= 0.3 is 0 Å². The van der Waals surface area contributed by atoms with Gasteiger partial charge in [-0.25, -0.2) is 0 Å². The van der Waals surface area contributed by atoms with E-state index in [0.29, 0.717) is 10.4 Å². The van der Waals surface area contributed by atoms with E-state index in [0.717, 1.165) is 15.6 Å². The zero-order valence-corrected chi connectivity index (χ0v) is 12.8. The van der Waals surface area contributed by atoms with Crippen molar-refractivity contribution in [2.45, 2.75) is 32.9 Å². The van der Waals surface area contributed by atoms with Gasteiger partial charge in [-0.1, -0.05) is 23.2 Å². The number of anilines is 1. The topological polar surface area (TPSA) is 29.9 Å². The monoisotopic (exact) mass is 303 g/mol. The van der Waals surface area contributed by atoms with Gasteiger partial charge < -0.3 is 5.32 Å². The van der Waals surface area contributed by atoms with Crippen molar-refractivity contribution in [1.29, 1.82) is 0 Å². The molecule has 0 aliphatic carbocycles. The fraction of sp³-hybridized carbons (Fsp3) is 0.417. The minimum Gasteiger partial charge on any atom is -0.376 e. The van der Waals surface area contributed by atoms with Gasteiger partial charge in [0.25, 0.3) is 0 Å². The number of thiophene rings is 1. The Balaban J connectivity index is 2.11. The predicted octanol–water partition coefficient (Wildman–Crippen LogP) is 5.01. The van der Waals surface area contributed by atoms with Gasteiger partial charge in [-0.05, 0) is 26.8 Å². The van der Waals surface area contributed by atoms with Crippen LogP contribution in [0.15, 0.2) is 18.5 Å². The quantitative estimate of drug-likeness (QED) is 0.861. The van der Waals surface area contributed by atoms with E-state index in [9.17, 15) is 0 Å². The molecule has 0 fully saturated rings. The highest BCUT2D eigenvalue weighted by Crippen LogP contribution is 2.36. The van der Waals surface area contributed by atoms with E-state index in [-0.39, 0.29) is 6.04 Å². The second-order valence-corrected chi connectivity index (χ2v) is 6.73. The molecule has 2 heterocycles. The Morgan fingerprint density at radius 1 is 1.33 bits per heavy atom. The van der Waals surface area contributed by atoms with Crippen LogP contribution in [0.1, 0.15) is 38.4 Å². The van der Waals surface area contributed by atoms with Gasteiger partial charge in [-0.2, -0.15) is 5.10 Å². The van der Waals surface area contributed by atoms with Gasteiger partial charge in [0.15, 0.2) is 0 Å². The fourth-order valence-electron chi connectivity index (χ4n) is 1.67. The molecule has 0 aliphatic rings. The lowest BCUT2D eigenvalue weighted by Gasteiger charge is -2.12. The molecular formula is C12H15Cl2N3S. The molecule has 0 saturated carbocycles. The van der Waals surface area contributed by atoms with Crippen LogP contribution < -0.4 is 5.32 Å². The van der Waals surface area contributed by atoms with Gasteiger partial charge in [0.1, 0.15) is 0 Å². The van der Waals surface area contributed by atoms with Crippen LogP contribution in [0.4, 0.5) is 5.69 Å². The number of rotatable bonds is 4. The van der Waals surface area contributed by atoms with Crippen molar-refractivity contribution in [3.8, 4) is 0 Å². The third-order valence-electron chi connectivity index (χ3n) is 2.66. The summed E-state index contributed by atoms with van der Waals surface area (Å²) < 4.78 is 3.36. The summed E-state index contributed by atoms with van der Waals surface area (Å²) in [6.45, 7) is 6.24. The molecule has 0 radical (unpaired) electrons. The van der Waals surface area contributed by atoms with Crippen molar-refractivity contribution in [3.63, 3.8) is 0 Å². The van der Waals surface area contributed by atoms with Gasteiger partial charge in [0, 0.05) is 17.8 Å². The summed E-state index contributed by atoms with van der Waals surface area (Å²) in [5.41, 5.74) is 2.00. The third-order valence-corrected chi connectivity index (χ3v) is 4.18. The molecule has 0 saturated heterocycles. The van der Waals surface area contributed by atoms with E-state index < -0.39 is 0 Å². The number of halogens is 2. The van der Waals surface area contributed by atoms with Crippen LogP contribution >= 0.6 is 34.5 Å². The highest BCUT2D eigenvalue weighted by Gasteiger charge is 2.14. The van der Waals surface area contributed by atoms with Crippen LogP contribution in [0, 0.1) is 0 Å². The van der Waals surface area contributed by atoms with Crippen LogP contribution in [0.5, 0.6) is 0 Å². The normalized spacial score (nSPS) is 13.0. The standard InChI is InChI=1S/C12H15Cl2N3S/c1-7(2)17-6-9(5-15-17)16-8(3)10-4-11(13)18-12(10)14/h4-8,16H,1-3H3. The first kappa shape index (κ1) is 13.7. The minimum absolute atomic E-state index is 0.103. The smallest absolute Gasteiger partial charge is 0.0996 e. The summed E-state index contributed by atoms with van der Waals surface area (Å²) in [4.78, 5) is 0. The Morgan fingerprint density at radius 2 is 2.06 bits per heavy atom.